The number of hydrogen-bond acceptors (Lipinski definition) is 5. The summed E-state index contributed by atoms with van der Waals surface area (Å²) < 4.78 is 1.90. The minimum absolute atomic E-state index is 0.0162. The molecular formula is C32H35N7O2. The highest BCUT2D eigenvalue weighted by molar-refractivity contribution is 6.00. The summed E-state index contributed by atoms with van der Waals surface area (Å²) in [6, 6.07) is 18.4. The molecule has 1 fully saturated rings. The molecule has 9 nitrogen and oxygen atoms in total. The number of anilines is 1. The van der Waals surface area contributed by atoms with E-state index in [2.05, 4.69) is 36.3 Å². The fourth-order valence-corrected chi connectivity index (χ4v) is 5.80. The minimum Gasteiger partial charge on any atom is -0.341 e. The first-order chi connectivity index (χ1) is 19.9. The van der Waals surface area contributed by atoms with Crippen LogP contribution in [0.3, 0.4) is 0 Å². The summed E-state index contributed by atoms with van der Waals surface area (Å²) in [5.41, 5.74) is 6.10. The van der Waals surface area contributed by atoms with E-state index in [4.69, 9.17) is 10.1 Å². The van der Waals surface area contributed by atoms with Gasteiger partial charge in [0.25, 0.3) is 0 Å². The molecule has 0 atom stereocenters. The number of fused-ring (bicyclic) bond motifs is 1. The number of urea groups is 1. The predicted molar refractivity (Wildman–Crippen MR) is 158 cm³/mol. The Labute approximate surface area is 240 Å². The SMILES string of the molecule is CNC(=O)N1CCC(c2ccn(-c3ccc(CN4C(=O)Cc5cnc(-c6ccccc6C(C)C)nc54)cc3)n2)CC1. The molecule has 2 aliphatic heterocycles. The average Bonchev–Trinajstić information content (AvgIpc) is 3.62. The van der Waals surface area contributed by atoms with E-state index in [1.165, 1.54) is 5.56 Å². The van der Waals surface area contributed by atoms with Crippen molar-refractivity contribution in [2.75, 3.05) is 25.0 Å². The van der Waals surface area contributed by atoms with E-state index in [-0.39, 0.29) is 11.9 Å². The maximum Gasteiger partial charge on any atom is 0.317 e. The average molecular weight is 550 g/mol. The number of benzene rings is 2. The molecule has 3 amide bonds. The number of likely N-dealkylation sites (tertiary alicyclic amines) is 1. The van der Waals surface area contributed by atoms with Gasteiger partial charge in [-0.1, -0.05) is 50.2 Å². The molecule has 2 aliphatic rings. The number of hydrogen-bond donors (Lipinski definition) is 1. The summed E-state index contributed by atoms with van der Waals surface area (Å²) in [5, 5.41) is 7.55. The van der Waals surface area contributed by atoms with Gasteiger partial charge >= 0.3 is 6.03 Å². The maximum absolute atomic E-state index is 13.0. The van der Waals surface area contributed by atoms with Crippen LogP contribution in [0.15, 0.2) is 67.0 Å². The number of carbonyl (C=O) groups excluding carboxylic acids is 2. The Morgan fingerprint density at radius 2 is 1.80 bits per heavy atom. The summed E-state index contributed by atoms with van der Waals surface area (Å²) in [4.78, 5) is 38.0. The Hall–Kier alpha value is -4.53. The van der Waals surface area contributed by atoms with Crippen molar-refractivity contribution in [3.8, 4) is 17.1 Å². The van der Waals surface area contributed by atoms with Gasteiger partial charge in [0.05, 0.1) is 24.3 Å². The van der Waals surface area contributed by atoms with Crippen molar-refractivity contribution in [3.63, 3.8) is 0 Å². The van der Waals surface area contributed by atoms with E-state index in [1.807, 2.05) is 58.2 Å². The minimum atomic E-state index is -0.0162. The van der Waals surface area contributed by atoms with Gasteiger partial charge in [0.2, 0.25) is 5.91 Å². The van der Waals surface area contributed by atoms with Gasteiger partial charge in [0, 0.05) is 49.6 Å². The van der Waals surface area contributed by atoms with Gasteiger partial charge < -0.3 is 10.2 Å². The Balaban J connectivity index is 1.16. The first-order valence-corrected chi connectivity index (χ1v) is 14.3. The highest BCUT2D eigenvalue weighted by Crippen LogP contribution is 2.33. The molecule has 9 heteroatoms. The third-order valence-electron chi connectivity index (χ3n) is 8.13. The molecule has 2 aromatic heterocycles. The van der Waals surface area contributed by atoms with Crippen molar-refractivity contribution in [3.05, 3.63) is 89.4 Å². The molecule has 1 N–H and O–H groups in total. The lowest BCUT2D eigenvalue weighted by Crippen LogP contribution is -2.42. The number of nitrogens with zero attached hydrogens (tertiary/aromatic N) is 6. The molecule has 6 rings (SSSR count). The van der Waals surface area contributed by atoms with E-state index in [0.717, 1.165) is 54.0 Å². The Morgan fingerprint density at radius 1 is 1.05 bits per heavy atom. The molecular weight excluding hydrogens is 514 g/mol. The maximum atomic E-state index is 13.0. The van der Waals surface area contributed by atoms with Crippen LogP contribution >= 0.6 is 0 Å². The zero-order valence-corrected chi connectivity index (χ0v) is 23.7. The molecule has 4 aromatic rings. The van der Waals surface area contributed by atoms with Crippen LogP contribution in [0.5, 0.6) is 0 Å². The highest BCUT2D eigenvalue weighted by atomic mass is 16.2. The van der Waals surface area contributed by atoms with Crippen molar-refractivity contribution in [1.29, 1.82) is 0 Å². The van der Waals surface area contributed by atoms with Gasteiger partial charge in [0.1, 0.15) is 5.82 Å². The predicted octanol–water partition coefficient (Wildman–Crippen LogP) is 5.06. The van der Waals surface area contributed by atoms with Crippen molar-refractivity contribution >= 4 is 17.8 Å². The highest BCUT2D eigenvalue weighted by Gasteiger charge is 2.30. The Bertz CT molecular complexity index is 1570. The van der Waals surface area contributed by atoms with Gasteiger partial charge in [-0.05, 0) is 48.1 Å². The third kappa shape index (κ3) is 5.31. The van der Waals surface area contributed by atoms with Crippen molar-refractivity contribution in [1.82, 2.24) is 30.0 Å². The van der Waals surface area contributed by atoms with E-state index in [0.29, 0.717) is 36.4 Å². The summed E-state index contributed by atoms with van der Waals surface area (Å²) in [6.07, 6.45) is 5.92. The van der Waals surface area contributed by atoms with Gasteiger partial charge in [0.15, 0.2) is 5.82 Å². The van der Waals surface area contributed by atoms with Crippen LogP contribution in [0.25, 0.3) is 17.1 Å². The first kappa shape index (κ1) is 26.7. The molecule has 1 saturated heterocycles. The number of carbonyl (C=O) groups is 2. The van der Waals surface area contributed by atoms with E-state index in [9.17, 15) is 9.59 Å². The smallest absolute Gasteiger partial charge is 0.317 e. The summed E-state index contributed by atoms with van der Waals surface area (Å²) >= 11 is 0. The molecule has 0 bridgehead atoms. The standard InChI is InChI=1S/C32H35N7O2/c1-21(2)26-6-4-5-7-27(26)30-34-19-24-18-29(40)38(31(24)35-30)20-22-8-10-25(11-9-22)39-17-14-28(36-39)23-12-15-37(16-13-23)32(41)33-3/h4-11,14,17,19,21,23H,12-13,15-16,18,20H2,1-3H3,(H,33,41). The molecule has 0 aliphatic carbocycles. The topological polar surface area (TPSA) is 96.2 Å². The first-order valence-electron chi connectivity index (χ1n) is 14.3. The fraction of sp³-hybridized carbons (Fsp3) is 0.344. The lowest BCUT2D eigenvalue weighted by molar-refractivity contribution is -0.117. The molecule has 0 saturated carbocycles. The molecule has 41 heavy (non-hydrogen) atoms. The van der Waals surface area contributed by atoms with Gasteiger partial charge in [-0.3, -0.25) is 9.69 Å². The monoisotopic (exact) mass is 549 g/mol. The zero-order valence-electron chi connectivity index (χ0n) is 23.7. The van der Waals surface area contributed by atoms with E-state index in [1.54, 1.807) is 18.1 Å². The van der Waals surface area contributed by atoms with Crippen LogP contribution in [0.2, 0.25) is 0 Å². The number of aromatic nitrogens is 4. The van der Waals surface area contributed by atoms with Crippen molar-refractivity contribution < 1.29 is 9.59 Å². The largest absolute Gasteiger partial charge is 0.341 e. The van der Waals surface area contributed by atoms with Crippen LogP contribution in [-0.4, -0.2) is 56.7 Å². The van der Waals surface area contributed by atoms with Gasteiger partial charge in [-0.25, -0.2) is 19.4 Å². The Kier molecular flexibility index (Phi) is 7.26. The number of amides is 3. The summed E-state index contributed by atoms with van der Waals surface area (Å²) in [5.74, 6) is 2.06. The second-order valence-corrected chi connectivity index (χ2v) is 11.1. The number of piperidine rings is 1. The van der Waals surface area contributed by atoms with Crippen LogP contribution in [0, 0.1) is 0 Å². The molecule has 210 valence electrons. The molecule has 0 unspecified atom stereocenters. The normalized spacial score (nSPS) is 15.5. The van der Waals surface area contributed by atoms with E-state index < -0.39 is 0 Å². The number of nitrogens with one attached hydrogen (secondary N) is 1. The summed E-state index contributed by atoms with van der Waals surface area (Å²) in [6.45, 7) is 6.24. The number of rotatable bonds is 6. The lowest BCUT2D eigenvalue weighted by Gasteiger charge is -2.30. The van der Waals surface area contributed by atoms with E-state index >= 15 is 0 Å². The third-order valence-corrected chi connectivity index (χ3v) is 8.13. The second-order valence-electron chi connectivity index (χ2n) is 11.1. The summed E-state index contributed by atoms with van der Waals surface area (Å²) in [7, 11) is 1.67. The van der Waals surface area contributed by atoms with Gasteiger partial charge in [-0.2, -0.15) is 5.10 Å². The Morgan fingerprint density at radius 3 is 2.54 bits per heavy atom. The molecule has 0 radical (unpaired) electrons. The van der Waals surface area contributed by atoms with Crippen molar-refractivity contribution in [2.45, 2.75) is 51.5 Å². The quantitative estimate of drug-likeness (QED) is 0.363. The lowest BCUT2D eigenvalue weighted by atomic mass is 9.94. The zero-order chi connectivity index (χ0) is 28.5. The van der Waals surface area contributed by atoms with Crippen LogP contribution in [0.4, 0.5) is 10.6 Å². The second kappa shape index (κ2) is 11.2. The fourth-order valence-electron chi connectivity index (χ4n) is 5.80. The molecule has 0 spiro atoms. The van der Waals surface area contributed by atoms with Crippen LogP contribution in [0.1, 0.15) is 60.9 Å². The van der Waals surface area contributed by atoms with Crippen molar-refractivity contribution in [2.24, 2.45) is 0 Å². The van der Waals surface area contributed by atoms with Crippen LogP contribution in [-0.2, 0) is 17.8 Å². The van der Waals surface area contributed by atoms with Gasteiger partial charge in [-0.15, -0.1) is 0 Å². The molecule has 2 aromatic carbocycles. The molecule has 4 heterocycles. The van der Waals surface area contributed by atoms with Crippen LogP contribution < -0.4 is 10.2 Å².